The fourth-order valence-electron chi connectivity index (χ4n) is 19.9. The van der Waals surface area contributed by atoms with Crippen molar-refractivity contribution in [1.29, 1.82) is 0 Å². The number of nitrogens with zero attached hydrogens (tertiary/aromatic N) is 3. The van der Waals surface area contributed by atoms with Gasteiger partial charge in [-0.05, 0) is 261 Å². The molecule has 0 spiro atoms. The summed E-state index contributed by atoms with van der Waals surface area (Å²) in [7, 11) is 0. The highest BCUT2D eigenvalue weighted by Gasteiger charge is 2.58. The molecule has 21 heteroatoms. The molecule has 3 amide bonds. The monoisotopic (exact) mass is 1480 g/mol. The van der Waals surface area contributed by atoms with E-state index in [9.17, 15) is 41.9 Å². The molecule has 6 aromatic rings. The molecule has 6 aliphatic carbocycles. The number of hydrogen-bond donors (Lipinski definition) is 3. The number of hydrogen-bond acceptors (Lipinski definition) is 15. The second-order valence-electron chi connectivity index (χ2n) is 30.8. The molecular formula is C87H99F3N6O12. The van der Waals surface area contributed by atoms with E-state index in [1.165, 1.54) is 36.4 Å². The Bertz CT molecular complexity index is 3830. The molecule has 21 atom stereocenters. The molecule has 570 valence electrons. The number of pyridine rings is 3. The summed E-state index contributed by atoms with van der Waals surface area (Å²) < 4.78 is 73.0. The maximum absolute atomic E-state index is 13.6. The van der Waals surface area contributed by atoms with Crippen LogP contribution >= 0.6 is 0 Å². The van der Waals surface area contributed by atoms with Crippen molar-refractivity contribution < 1.29 is 70.4 Å². The third kappa shape index (κ3) is 17.9. The van der Waals surface area contributed by atoms with E-state index in [-0.39, 0.29) is 143 Å². The van der Waals surface area contributed by atoms with Gasteiger partial charge in [-0.1, -0.05) is 72.8 Å². The fourth-order valence-corrected chi connectivity index (χ4v) is 19.9. The number of halogens is 3. The van der Waals surface area contributed by atoms with E-state index in [1.54, 1.807) is 57.6 Å². The molecule has 6 saturated carbocycles. The topological polar surface area (TPSA) is 233 Å². The minimum atomic E-state index is -0.368. The number of rotatable bonds is 15. The zero-order valence-corrected chi connectivity index (χ0v) is 62.2. The number of ether oxygens (including phenoxy) is 6. The van der Waals surface area contributed by atoms with Crippen LogP contribution < -0.4 is 16.0 Å². The number of cyclic esters (lactones) is 3. The minimum Gasteiger partial charge on any atom is -0.462 e. The molecule has 15 rings (SSSR count). The lowest BCUT2D eigenvalue weighted by Gasteiger charge is -2.47. The first kappa shape index (κ1) is 76.5. The van der Waals surface area contributed by atoms with E-state index in [4.69, 9.17) is 28.4 Å². The molecule has 0 bridgehead atoms. The van der Waals surface area contributed by atoms with E-state index < -0.39 is 0 Å². The predicted octanol–water partition coefficient (Wildman–Crippen LogP) is 16.9. The second kappa shape index (κ2) is 34.7. The first-order valence-corrected chi connectivity index (χ1v) is 38.9. The van der Waals surface area contributed by atoms with Crippen LogP contribution in [0.5, 0.6) is 0 Å². The van der Waals surface area contributed by atoms with Gasteiger partial charge in [0.15, 0.2) is 0 Å². The van der Waals surface area contributed by atoms with E-state index >= 15 is 0 Å². The first-order valence-electron chi connectivity index (χ1n) is 38.9. The van der Waals surface area contributed by atoms with Crippen molar-refractivity contribution in [3.8, 4) is 33.4 Å². The van der Waals surface area contributed by atoms with Gasteiger partial charge in [-0.2, -0.15) is 0 Å². The molecule has 3 aromatic carbocycles. The van der Waals surface area contributed by atoms with Gasteiger partial charge in [-0.15, -0.1) is 0 Å². The lowest BCUT2D eigenvalue weighted by molar-refractivity contribution is -0.145. The Hall–Kier alpha value is -9.66. The molecule has 3 aliphatic heterocycles. The van der Waals surface area contributed by atoms with Crippen molar-refractivity contribution in [2.45, 2.75) is 155 Å². The summed E-state index contributed by atoms with van der Waals surface area (Å²) in [6, 6.07) is 31.3. The quantitative estimate of drug-likeness (QED) is 0.0641. The molecule has 0 unspecified atom stereocenters. The molecular weight excluding hydrogens is 1380 g/mol. The van der Waals surface area contributed by atoms with E-state index in [2.05, 4.69) is 49.1 Å². The number of amides is 3. The third-order valence-electron chi connectivity index (χ3n) is 24.5. The van der Waals surface area contributed by atoms with Gasteiger partial charge < -0.3 is 44.4 Å². The zero-order valence-electron chi connectivity index (χ0n) is 62.2. The van der Waals surface area contributed by atoms with Gasteiger partial charge in [-0.25, -0.2) is 27.6 Å². The SMILES string of the molecule is CCOC(=O)N[C@@H]1CC[C@@H]2[C@@H](C1)C[C@@H]1C(=O)O[C@@H](C)[C@@H]1[C@H]2/C=C/c1ccc(-c2cccc(F)c2)cn1.CCOC(=O)N[C@@H]1CC[C@H]2[C@@H](C1)C[C@@H]1C(=O)O[C@H](C)[C@H]1[C@@H]2/C=C/c1ccc(-c2cccc(F)c2)cn1.CCOC(=O)N[C@@H]1CC[C@H]2[C@@H](C1)C[C@H]1C(=O)O[C@H](C)[C@@H]1[C@H]2/C=C/c1ccc(-c2cccc(F)c2)cn1. The summed E-state index contributed by atoms with van der Waals surface area (Å²) in [6.07, 6.45) is 27.2. The normalized spacial score (nSPS) is 31.4. The molecule has 0 radical (unpaired) electrons. The van der Waals surface area contributed by atoms with E-state index in [1.807, 2.05) is 93.6 Å². The van der Waals surface area contributed by atoms with Gasteiger partial charge >= 0.3 is 36.2 Å². The van der Waals surface area contributed by atoms with Crippen LogP contribution in [-0.4, -0.2) is 107 Å². The third-order valence-corrected chi connectivity index (χ3v) is 24.5. The van der Waals surface area contributed by atoms with Crippen LogP contribution in [0.1, 0.15) is 136 Å². The Kier molecular flexibility index (Phi) is 24.6. The van der Waals surface area contributed by atoms with Gasteiger partial charge in [0.2, 0.25) is 0 Å². The molecule has 9 fully saturated rings. The molecule has 3 N–H and O–H groups in total. The fraction of sp³-hybridized carbons (Fsp3) is 0.483. The summed E-state index contributed by atoms with van der Waals surface area (Å²) in [5.74, 6) is 1.89. The smallest absolute Gasteiger partial charge is 0.407 e. The van der Waals surface area contributed by atoms with Crippen molar-refractivity contribution in [2.24, 2.45) is 88.8 Å². The van der Waals surface area contributed by atoms with Crippen LogP contribution in [0.2, 0.25) is 0 Å². The number of alkyl carbamates (subject to hydrolysis) is 3. The van der Waals surface area contributed by atoms with Crippen LogP contribution in [0.25, 0.3) is 51.6 Å². The van der Waals surface area contributed by atoms with Crippen LogP contribution in [0, 0.1) is 106 Å². The lowest BCUT2D eigenvalue weighted by Crippen LogP contribution is -2.48. The number of nitrogens with one attached hydrogen (secondary N) is 3. The van der Waals surface area contributed by atoms with Gasteiger partial charge in [0.25, 0.3) is 0 Å². The molecule has 6 heterocycles. The maximum atomic E-state index is 13.6. The Labute approximate surface area is 630 Å². The average molecular weight is 1480 g/mol. The Balaban J connectivity index is 0.000000143. The standard InChI is InChI=1S/3C29H33FN2O4/c3*1-3-35-29(34)32-23-10-11-24-20(14-23)15-26-27(17(2)36-28(26)33)25(24)12-9-22-8-7-19(16-31-22)18-5-4-6-21(30)13-18/h3*4-9,12-13,16-17,20,23-27H,3,10-11,14-15H2,1-2H3,(H,32,34)/b3*12-9+/t17-,20+,23-,24+,25+,26-,27-;17-,20+,23-,24+,25-,26+,27+;17-,20-,23+,24+,25-,26-,27+/m110/s1. The Morgan fingerprint density at radius 1 is 0.407 bits per heavy atom. The van der Waals surface area contributed by atoms with Crippen molar-refractivity contribution in [2.75, 3.05) is 19.8 Å². The van der Waals surface area contributed by atoms with Gasteiger partial charge in [0, 0.05) is 71.2 Å². The largest absolute Gasteiger partial charge is 0.462 e. The maximum Gasteiger partial charge on any atom is 0.407 e. The lowest BCUT2D eigenvalue weighted by atomic mass is 9.57. The summed E-state index contributed by atoms with van der Waals surface area (Å²) in [6.45, 7) is 12.5. The number of aromatic nitrogens is 3. The molecule has 9 aliphatic rings. The van der Waals surface area contributed by atoms with E-state index in [0.29, 0.717) is 55.3 Å². The van der Waals surface area contributed by atoms with Crippen LogP contribution in [0.15, 0.2) is 146 Å². The van der Waals surface area contributed by atoms with E-state index in [0.717, 1.165) is 128 Å². The van der Waals surface area contributed by atoms with Crippen molar-refractivity contribution in [1.82, 2.24) is 30.9 Å². The highest BCUT2D eigenvalue weighted by atomic mass is 19.1. The van der Waals surface area contributed by atoms with Crippen molar-refractivity contribution in [3.63, 3.8) is 0 Å². The molecule has 108 heavy (non-hydrogen) atoms. The number of benzene rings is 3. The summed E-state index contributed by atoms with van der Waals surface area (Å²) in [5, 5.41) is 9.00. The highest BCUT2D eigenvalue weighted by Crippen LogP contribution is 2.57. The molecule has 3 aromatic heterocycles. The van der Waals surface area contributed by atoms with Gasteiger partial charge in [-0.3, -0.25) is 29.3 Å². The zero-order chi connectivity index (χ0) is 75.7. The van der Waals surface area contributed by atoms with Crippen LogP contribution in [0.4, 0.5) is 27.6 Å². The van der Waals surface area contributed by atoms with Crippen LogP contribution in [-0.2, 0) is 42.8 Å². The van der Waals surface area contributed by atoms with Gasteiger partial charge in [0.05, 0.1) is 54.7 Å². The summed E-state index contributed by atoms with van der Waals surface area (Å²) >= 11 is 0. The van der Waals surface area contributed by atoms with Gasteiger partial charge in [0.1, 0.15) is 35.8 Å². The summed E-state index contributed by atoms with van der Waals surface area (Å²) in [4.78, 5) is 87.7. The second-order valence-corrected chi connectivity index (χ2v) is 30.8. The van der Waals surface area contributed by atoms with Crippen LogP contribution in [0.3, 0.4) is 0 Å². The average Bonchev–Trinajstić information content (AvgIpc) is 1.54. The summed E-state index contributed by atoms with van der Waals surface area (Å²) in [5.41, 5.74) is 7.43. The van der Waals surface area contributed by atoms with Crippen molar-refractivity contribution >= 4 is 54.4 Å². The predicted molar refractivity (Wildman–Crippen MR) is 402 cm³/mol. The number of fused-ring (bicyclic) bond motifs is 6. The minimum absolute atomic E-state index is 0.0679. The number of carbonyl (C=O) groups excluding carboxylic acids is 6. The number of esters is 3. The number of allylic oxidation sites excluding steroid dienone is 3. The molecule has 3 saturated heterocycles. The first-order chi connectivity index (χ1) is 52.3. The molecule has 18 nitrogen and oxygen atoms in total. The highest BCUT2D eigenvalue weighted by molar-refractivity contribution is 5.78. The Morgan fingerprint density at radius 2 is 0.694 bits per heavy atom. The number of carbonyl (C=O) groups is 6. The Morgan fingerprint density at radius 3 is 0.944 bits per heavy atom. The van der Waals surface area contributed by atoms with Crippen molar-refractivity contribution in [3.05, 3.63) is 181 Å².